The van der Waals surface area contributed by atoms with Crippen LogP contribution in [0.15, 0.2) is 26.5 Å². The van der Waals surface area contributed by atoms with Gasteiger partial charge in [0.1, 0.15) is 6.07 Å². The Hall–Kier alpha value is -3.67. The van der Waals surface area contributed by atoms with Crippen LogP contribution in [0.25, 0.3) is 5.69 Å². The molecule has 0 fully saturated rings. The van der Waals surface area contributed by atoms with Crippen LogP contribution in [0.2, 0.25) is 10.0 Å². The van der Waals surface area contributed by atoms with Crippen molar-refractivity contribution in [3.8, 4) is 23.4 Å². The summed E-state index contributed by atoms with van der Waals surface area (Å²) >= 11 is 12.5. The Kier molecular flexibility index (Phi) is 6.41. The van der Waals surface area contributed by atoms with Crippen LogP contribution >= 0.6 is 23.2 Å². The number of hydrogen-bond donors (Lipinski definition) is 2. The van der Waals surface area contributed by atoms with E-state index in [1.54, 1.807) is 0 Å². The number of nitrogens with one attached hydrogen (secondary N) is 2. The fourth-order valence-corrected chi connectivity index (χ4v) is 4.10. The number of nitrogens with zero attached hydrogens (tertiary/aromatic N) is 4. The number of alkyl halides is 3. The summed E-state index contributed by atoms with van der Waals surface area (Å²) < 4.78 is 48.9. The van der Waals surface area contributed by atoms with Gasteiger partial charge in [-0.1, -0.05) is 23.2 Å². The highest BCUT2D eigenvalue weighted by Crippen LogP contribution is 2.42. The Morgan fingerprint density at radius 2 is 1.86 bits per heavy atom. The van der Waals surface area contributed by atoms with Gasteiger partial charge >= 0.3 is 12.1 Å². The van der Waals surface area contributed by atoms with Crippen LogP contribution in [0.3, 0.4) is 0 Å². The summed E-state index contributed by atoms with van der Waals surface area (Å²) in [5.41, 5.74) is -3.59. The van der Waals surface area contributed by atoms with Crippen LogP contribution < -0.4 is 21.5 Å². The minimum absolute atomic E-state index is 0.0276. The first-order valence-corrected chi connectivity index (χ1v) is 10.4. The fraction of sp³-hybridized carbons (Fsp3) is 0.263. The molecule has 2 N–H and O–H groups in total. The Morgan fingerprint density at radius 3 is 2.49 bits per heavy atom. The molecule has 11 nitrogen and oxygen atoms in total. The van der Waals surface area contributed by atoms with Gasteiger partial charge in [0.25, 0.3) is 11.1 Å². The molecule has 1 aliphatic rings. The number of fused-ring (bicyclic) bond motifs is 1. The van der Waals surface area contributed by atoms with Gasteiger partial charge in [-0.25, -0.2) is 9.89 Å². The van der Waals surface area contributed by atoms with Gasteiger partial charge in [-0.3, -0.25) is 19.3 Å². The number of nitriles is 1. The topological polar surface area (TPSA) is 156 Å². The van der Waals surface area contributed by atoms with Crippen molar-refractivity contribution in [3.05, 3.63) is 70.2 Å². The standard InChI is InChI=1S/C19H11Cl2F3N6O5/c20-9-4-7(30-18(33)26-15(31)11(6-25)29-30)5-10(21)14(9)34-17-8-2-1-3-12(35-19(22,23)24)13(8)16(32)27-28-17/h4-5,12H,1-3H2,(H,27,32)(H,26,31,33)/t12-/m1/s1. The van der Waals surface area contributed by atoms with Crippen molar-refractivity contribution in [2.75, 3.05) is 0 Å². The van der Waals surface area contributed by atoms with Crippen molar-refractivity contribution >= 4 is 23.2 Å². The summed E-state index contributed by atoms with van der Waals surface area (Å²) in [6.45, 7) is 0. The number of rotatable bonds is 4. The average Bonchev–Trinajstić information content (AvgIpc) is 2.76. The van der Waals surface area contributed by atoms with E-state index in [9.17, 15) is 27.6 Å². The Bertz CT molecular complexity index is 1520. The summed E-state index contributed by atoms with van der Waals surface area (Å²) in [5, 5.41) is 18.1. The first-order valence-electron chi connectivity index (χ1n) is 9.65. The molecule has 35 heavy (non-hydrogen) atoms. The predicted molar refractivity (Wildman–Crippen MR) is 113 cm³/mol. The Labute approximate surface area is 201 Å². The summed E-state index contributed by atoms with van der Waals surface area (Å²) in [6.07, 6.45) is -6.11. The number of ether oxygens (including phenoxy) is 2. The number of halogens is 5. The van der Waals surface area contributed by atoms with Crippen LogP contribution in [0.5, 0.6) is 11.6 Å². The van der Waals surface area contributed by atoms with Crippen molar-refractivity contribution in [1.82, 2.24) is 25.0 Å². The van der Waals surface area contributed by atoms with E-state index in [0.717, 1.165) is 0 Å². The largest absolute Gasteiger partial charge is 0.523 e. The molecule has 0 aliphatic heterocycles. The third kappa shape index (κ3) is 4.92. The van der Waals surface area contributed by atoms with Crippen LogP contribution in [-0.2, 0) is 11.2 Å². The predicted octanol–water partition coefficient (Wildman–Crippen LogP) is 2.89. The molecule has 0 radical (unpaired) electrons. The number of benzene rings is 1. The molecule has 1 aromatic carbocycles. The maximum absolute atomic E-state index is 12.8. The lowest BCUT2D eigenvalue weighted by molar-refractivity contribution is -0.346. The number of hydrogen-bond acceptors (Lipinski definition) is 8. The molecule has 0 spiro atoms. The average molecular weight is 531 g/mol. The Balaban J connectivity index is 1.75. The second-order valence-electron chi connectivity index (χ2n) is 7.17. The molecule has 1 atom stereocenters. The summed E-state index contributed by atoms with van der Waals surface area (Å²) in [4.78, 5) is 37.8. The molecule has 0 saturated carbocycles. The first kappa shape index (κ1) is 24.5. The number of aromatic amines is 2. The highest BCUT2D eigenvalue weighted by molar-refractivity contribution is 6.37. The molecular weight excluding hydrogens is 520 g/mol. The van der Waals surface area contributed by atoms with Crippen LogP contribution in [0.1, 0.15) is 35.8 Å². The molecular formula is C19H11Cl2F3N6O5. The zero-order valence-corrected chi connectivity index (χ0v) is 18.6. The molecule has 2 aromatic heterocycles. The lowest BCUT2D eigenvalue weighted by Crippen LogP contribution is -2.33. The second kappa shape index (κ2) is 9.17. The van der Waals surface area contributed by atoms with Gasteiger partial charge in [-0.05, 0) is 31.4 Å². The molecule has 182 valence electrons. The van der Waals surface area contributed by atoms with Crippen molar-refractivity contribution in [3.63, 3.8) is 0 Å². The molecule has 3 aromatic rings. The van der Waals surface area contributed by atoms with E-state index >= 15 is 0 Å². The second-order valence-corrected chi connectivity index (χ2v) is 7.98. The highest BCUT2D eigenvalue weighted by Gasteiger charge is 2.38. The van der Waals surface area contributed by atoms with Gasteiger partial charge in [0.2, 0.25) is 11.6 Å². The maximum atomic E-state index is 12.8. The van der Waals surface area contributed by atoms with E-state index in [1.165, 1.54) is 18.2 Å². The van der Waals surface area contributed by atoms with Crippen molar-refractivity contribution < 1.29 is 22.6 Å². The van der Waals surface area contributed by atoms with E-state index in [4.69, 9.17) is 33.2 Å². The normalized spacial score (nSPS) is 15.4. The van der Waals surface area contributed by atoms with Crippen LogP contribution in [-0.4, -0.2) is 31.3 Å². The molecule has 0 unspecified atom stereocenters. The molecule has 4 rings (SSSR count). The smallest absolute Gasteiger partial charge is 0.434 e. The van der Waals surface area contributed by atoms with E-state index < -0.39 is 35.0 Å². The van der Waals surface area contributed by atoms with Crippen molar-refractivity contribution in [2.45, 2.75) is 31.7 Å². The van der Waals surface area contributed by atoms with Gasteiger partial charge in [0, 0.05) is 5.56 Å². The third-order valence-electron chi connectivity index (χ3n) is 4.94. The maximum Gasteiger partial charge on any atom is 0.523 e. The van der Waals surface area contributed by atoms with Crippen molar-refractivity contribution in [1.29, 1.82) is 5.26 Å². The molecule has 0 saturated heterocycles. The number of H-pyrrole nitrogens is 2. The van der Waals surface area contributed by atoms with E-state index in [-0.39, 0.29) is 57.8 Å². The SMILES string of the molecule is N#Cc1nn(-c2cc(Cl)c(Oc3n[nH]c(=O)c4c3CCC[C@H]4OC(F)(F)F)c(Cl)c2)c(=O)[nH]c1=O. The Morgan fingerprint density at radius 1 is 1.17 bits per heavy atom. The minimum atomic E-state index is -4.96. The summed E-state index contributed by atoms with van der Waals surface area (Å²) in [7, 11) is 0. The quantitative estimate of drug-likeness (QED) is 0.521. The first-order chi connectivity index (χ1) is 16.5. The van der Waals surface area contributed by atoms with Crippen LogP contribution in [0.4, 0.5) is 13.2 Å². The monoisotopic (exact) mass is 530 g/mol. The van der Waals surface area contributed by atoms with E-state index in [2.05, 4.69) is 20.0 Å². The number of aromatic nitrogens is 5. The fourth-order valence-electron chi connectivity index (χ4n) is 3.55. The van der Waals surface area contributed by atoms with Crippen LogP contribution in [0, 0.1) is 11.3 Å². The third-order valence-corrected chi connectivity index (χ3v) is 5.50. The lowest BCUT2D eigenvalue weighted by Gasteiger charge is -2.26. The molecule has 0 bridgehead atoms. The molecule has 16 heteroatoms. The van der Waals surface area contributed by atoms with Gasteiger partial charge in [0.15, 0.2) is 5.75 Å². The molecule has 2 heterocycles. The van der Waals surface area contributed by atoms with Gasteiger partial charge in [-0.2, -0.15) is 9.94 Å². The molecule has 0 amide bonds. The highest BCUT2D eigenvalue weighted by atomic mass is 35.5. The van der Waals surface area contributed by atoms with Gasteiger partial charge < -0.3 is 4.74 Å². The zero-order chi connectivity index (χ0) is 25.5. The van der Waals surface area contributed by atoms with Gasteiger partial charge in [0.05, 0.1) is 27.4 Å². The summed E-state index contributed by atoms with van der Waals surface area (Å²) in [5.74, 6) is -0.423. The summed E-state index contributed by atoms with van der Waals surface area (Å²) in [6, 6.07) is 3.90. The lowest BCUT2D eigenvalue weighted by atomic mass is 9.91. The van der Waals surface area contributed by atoms with E-state index in [0.29, 0.717) is 4.68 Å². The van der Waals surface area contributed by atoms with Gasteiger partial charge in [-0.15, -0.1) is 23.4 Å². The van der Waals surface area contributed by atoms with E-state index in [1.807, 2.05) is 4.98 Å². The molecule has 1 aliphatic carbocycles. The van der Waals surface area contributed by atoms with Crippen molar-refractivity contribution in [2.24, 2.45) is 0 Å². The zero-order valence-electron chi connectivity index (χ0n) is 17.1. The minimum Gasteiger partial charge on any atom is -0.434 e.